The summed E-state index contributed by atoms with van der Waals surface area (Å²) in [6.45, 7) is 5.24. The van der Waals surface area contributed by atoms with E-state index in [1.54, 1.807) is 20.8 Å². The van der Waals surface area contributed by atoms with Crippen LogP contribution in [0.3, 0.4) is 0 Å². The van der Waals surface area contributed by atoms with Gasteiger partial charge in [-0.05, 0) is 46.0 Å². The van der Waals surface area contributed by atoms with Crippen LogP contribution in [0.15, 0.2) is 0 Å². The molecule has 1 saturated heterocycles. The van der Waals surface area contributed by atoms with Crippen molar-refractivity contribution >= 4 is 12.1 Å². The summed E-state index contributed by atoms with van der Waals surface area (Å²) in [6.07, 6.45) is 1.32. The highest BCUT2D eigenvalue weighted by Crippen LogP contribution is 2.47. The molecule has 18 heavy (non-hydrogen) atoms. The third-order valence-corrected chi connectivity index (χ3v) is 3.61. The van der Waals surface area contributed by atoms with Crippen LogP contribution in [0.4, 0.5) is 4.79 Å². The molecule has 0 spiro atoms. The maximum absolute atomic E-state index is 12.1. The predicted octanol–water partition coefficient (Wildman–Crippen LogP) is 1.15. The van der Waals surface area contributed by atoms with Crippen molar-refractivity contribution in [1.82, 2.24) is 4.90 Å². The number of fused-ring (bicyclic) bond motifs is 2. The number of carbonyl (C=O) groups is 2. The summed E-state index contributed by atoms with van der Waals surface area (Å²) in [5.41, 5.74) is 4.65. The molecule has 0 aromatic carbocycles. The summed E-state index contributed by atoms with van der Waals surface area (Å²) in [7, 11) is 0. The zero-order valence-electron chi connectivity index (χ0n) is 11.0. The van der Waals surface area contributed by atoms with Gasteiger partial charge in [0.1, 0.15) is 11.6 Å². The van der Waals surface area contributed by atoms with Crippen LogP contribution < -0.4 is 5.73 Å². The Balaban J connectivity index is 2.24. The summed E-state index contributed by atoms with van der Waals surface area (Å²) in [4.78, 5) is 24.7. The van der Waals surface area contributed by atoms with E-state index in [4.69, 9.17) is 10.5 Å². The molecule has 3 atom stereocenters. The molecular formula is C12H20N2O4. The van der Waals surface area contributed by atoms with E-state index in [0.717, 1.165) is 6.42 Å². The van der Waals surface area contributed by atoms with Gasteiger partial charge < -0.3 is 15.6 Å². The molecule has 0 aromatic rings. The Hall–Kier alpha value is -1.30. The lowest BCUT2D eigenvalue weighted by molar-refractivity contribution is -0.146. The Morgan fingerprint density at radius 1 is 1.44 bits per heavy atom. The van der Waals surface area contributed by atoms with E-state index in [9.17, 15) is 14.7 Å². The van der Waals surface area contributed by atoms with Crippen LogP contribution in [0.2, 0.25) is 0 Å². The molecule has 0 unspecified atom stereocenters. The van der Waals surface area contributed by atoms with Crippen LogP contribution in [0.5, 0.6) is 0 Å². The van der Waals surface area contributed by atoms with E-state index in [0.29, 0.717) is 12.8 Å². The number of aliphatic carboxylic acids is 1. The largest absolute Gasteiger partial charge is 0.480 e. The van der Waals surface area contributed by atoms with Crippen molar-refractivity contribution in [2.45, 2.75) is 57.3 Å². The maximum Gasteiger partial charge on any atom is 0.412 e. The predicted molar refractivity (Wildman–Crippen MR) is 63.8 cm³/mol. The Bertz CT molecular complexity index is 390. The molecule has 2 bridgehead atoms. The van der Waals surface area contributed by atoms with Gasteiger partial charge >= 0.3 is 12.1 Å². The number of nitrogens with zero attached hydrogens (tertiary/aromatic N) is 1. The number of hydrogen-bond acceptors (Lipinski definition) is 4. The first kappa shape index (κ1) is 13.1. The Morgan fingerprint density at radius 3 is 2.56 bits per heavy atom. The van der Waals surface area contributed by atoms with Gasteiger partial charge in [0.2, 0.25) is 0 Å². The van der Waals surface area contributed by atoms with Gasteiger partial charge in [-0.1, -0.05) is 0 Å². The molecule has 0 aromatic heterocycles. The minimum atomic E-state index is -1.00. The zero-order valence-corrected chi connectivity index (χ0v) is 11.0. The van der Waals surface area contributed by atoms with Crippen molar-refractivity contribution in [3.05, 3.63) is 0 Å². The zero-order chi connectivity index (χ0) is 13.7. The van der Waals surface area contributed by atoms with E-state index >= 15 is 0 Å². The van der Waals surface area contributed by atoms with Gasteiger partial charge in [-0.15, -0.1) is 0 Å². The van der Waals surface area contributed by atoms with Gasteiger partial charge in [-0.2, -0.15) is 0 Å². The number of piperidine rings is 1. The second-order valence-corrected chi connectivity index (χ2v) is 6.24. The van der Waals surface area contributed by atoms with Gasteiger partial charge in [0.15, 0.2) is 0 Å². The fourth-order valence-electron chi connectivity index (χ4n) is 2.99. The van der Waals surface area contributed by atoms with Crippen molar-refractivity contribution < 1.29 is 19.4 Å². The van der Waals surface area contributed by atoms with Crippen LogP contribution >= 0.6 is 0 Å². The summed E-state index contributed by atoms with van der Waals surface area (Å²) < 4.78 is 5.26. The minimum Gasteiger partial charge on any atom is -0.480 e. The molecule has 3 N–H and O–H groups in total. The average molecular weight is 256 g/mol. The van der Waals surface area contributed by atoms with E-state index in [-0.39, 0.29) is 5.92 Å². The van der Waals surface area contributed by atoms with Gasteiger partial charge in [0.05, 0.1) is 5.66 Å². The summed E-state index contributed by atoms with van der Waals surface area (Å²) in [5, 5.41) is 9.26. The molecular weight excluding hydrogens is 236 g/mol. The molecule has 102 valence electrons. The minimum absolute atomic E-state index is 0.0555. The molecule has 1 heterocycles. The van der Waals surface area contributed by atoms with E-state index in [1.165, 1.54) is 4.90 Å². The topological polar surface area (TPSA) is 92.9 Å². The van der Waals surface area contributed by atoms with Gasteiger partial charge in [-0.3, -0.25) is 4.90 Å². The number of hydrogen-bond donors (Lipinski definition) is 2. The monoisotopic (exact) mass is 256 g/mol. The van der Waals surface area contributed by atoms with Crippen LogP contribution in [0.25, 0.3) is 0 Å². The second-order valence-electron chi connectivity index (χ2n) is 6.24. The van der Waals surface area contributed by atoms with Crippen molar-refractivity contribution in [3.8, 4) is 0 Å². The molecule has 6 nitrogen and oxygen atoms in total. The molecule has 1 aliphatic carbocycles. The quantitative estimate of drug-likeness (QED) is 0.734. The fourth-order valence-corrected chi connectivity index (χ4v) is 2.99. The highest BCUT2D eigenvalue weighted by Gasteiger charge is 2.59. The second kappa shape index (κ2) is 3.85. The third kappa shape index (κ3) is 2.05. The normalized spacial score (nSPS) is 34.8. The molecule has 0 radical (unpaired) electrons. The average Bonchev–Trinajstić information content (AvgIpc) is 2.66. The first-order valence-corrected chi connectivity index (χ1v) is 6.18. The van der Waals surface area contributed by atoms with Crippen LogP contribution in [0.1, 0.15) is 40.0 Å². The number of nitrogens with two attached hydrogens (primary N) is 1. The molecule has 1 aliphatic heterocycles. The number of carbonyl (C=O) groups excluding carboxylic acids is 1. The molecule has 2 fully saturated rings. The fraction of sp³-hybridized carbons (Fsp3) is 0.833. The van der Waals surface area contributed by atoms with Crippen molar-refractivity contribution in [2.24, 2.45) is 11.7 Å². The Morgan fingerprint density at radius 2 is 2.06 bits per heavy atom. The molecule has 2 rings (SSSR count). The van der Waals surface area contributed by atoms with E-state index in [1.807, 2.05) is 0 Å². The van der Waals surface area contributed by atoms with Gasteiger partial charge in [0.25, 0.3) is 0 Å². The van der Waals surface area contributed by atoms with Crippen molar-refractivity contribution in [2.75, 3.05) is 0 Å². The summed E-state index contributed by atoms with van der Waals surface area (Å²) in [5.74, 6) is -1.06. The van der Waals surface area contributed by atoms with Crippen molar-refractivity contribution in [1.29, 1.82) is 0 Å². The number of rotatable bonds is 1. The summed E-state index contributed by atoms with van der Waals surface area (Å²) in [6, 6.07) is -0.849. The van der Waals surface area contributed by atoms with Gasteiger partial charge in [-0.25, -0.2) is 9.59 Å². The highest BCUT2D eigenvalue weighted by atomic mass is 16.6. The standard InChI is InChI=1S/C12H20N2O4/c1-11(2,3)18-10(17)14-8(9(15)16)7-4-5-12(14,13)6-7/h7-8H,4-6,13H2,1-3H3,(H,15,16)/t7-,8-,12+/m0/s1. The first-order chi connectivity index (χ1) is 8.14. The maximum atomic E-state index is 12.1. The number of amides is 1. The third-order valence-electron chi connectivity index (χ3n) is 3.61. The SMILES string of the molecule is CC(C)(C)OC(=O)N1[C@H](C(=O)O)[C@H]2CC[C@]1(N)C2. The molecule has 1 amide bonds. The lowest BCUT2D eigenvalue weighted by atomic mass is 9.99. The lowest BCUT2D eigenvalue weighted by Crippen LogP contribution is -2.60. The van der Waals surface area contributed by atoms with Crippen molar-refractivity contribution in [3.63, 3.8) is 0 Å². The van der Waals surface area contributed by atoms with Crippen LogP contribution in [0, 0.1) is 5.92 Å². The number of carboxylic acids is 1. The van der Waals surface area contributed by atoms with Gasteiger partial charge in [0, 0.05) is 0 Å². The Kier molecular flexibility index (Phi) is 2.81. The number of ether oxygens (including phenoxy) is 1. The van der Waals surface area contributed by atoms with E-state index in [2.05, 4.69) is 0 Å². The van der Waals surface area contributed by atoms with Crippen LogP contribution in [-0.2, 0) is 9.53 Å². The van der Waals surface area contributed by atoms with E-state index < -0.39 is 29.4 Å². The Labute approximate surface area is 106 Å². The first-order valence-electron chi connectivity index (χ1n) is 6.18. The number of likely N-dealkylation sites (tertiary alicyclic amines) is 1. The molecule has 6 heteroatoms. The number of carboxylic acid groups (broad SMARTS) is 1. The highest BCUT2D eigenvalue weighted by molar-refractivity contribution is 5.82. The smallest absolute Gasteiger partial charge is 0.412 e. The molecule has 2 aliphatic rings. The lowest BCUT2D eigenvalue weighted by Gasteiger charge is -2.39. The van der Waals surface area contributed by atoms with Crippen LogP contribution in [-0.4, -0.2) is 39.4 Å². The summed E-state index contributed by atoms with van der Waals surface area (Å²) >= 11 is 0. The molecule has 1 saturated carbocycles.